The van der Waals surface area contributed by atoms with E-state index in [0.29, 0.717) is 0 Å². The average molecular weight is 358 g/mol. The molecule has 0 aliphatic carbocycles. The molecule has 0 saturated heterocycles. The van der Waals surface area contributed by atoms with Gasteiger partial charge in [-0.15, -0.1) is 0 Å². The SMILES string of the molecule is CCCc1c(CBr)cnn1-c1ccc(Br)cc1. The van der Waals surface area contributed by atoms with Crippen LogP contribution < -0.4 is 0 Å². The van der Waals surface area contributed by atoms with Crippen molar-refractivity contribution >= 4 is 31.9 Å². The van der Waals surface area contributed by atoms with Crippen LogP contribution in [0.15, 0.2) is 34.9 Å². The lowest BCUT2D eigenvalue weighted by molar-refractivity contribution is 0.771. The molecule has 0 bridgehead atoms. The fraction of sp³-hybridized carbons (Fsp3) is 0.308. The second-order valence-electron chi connectivity index (χ2n) is 3.89. The summed E-state index contributed by atoms with van der Waals surface area (Å²) in [4.78, 5) is 0. The molecular weight excluding hydrogens is 344 g/mol. The van der Waals surface area contributed by atoms with E-state index in [1.165, 1.54) is 11.3 Å². The van der Waals surface area contributed by atoms with Crippen LogP contribution in [0.2, 0.25) is 0 Å². The van der Waals surface area contributed by atoms with Gasteiger partial charge in [0.15, 0.2) is 0 Å². The number of halogens is 2. The van der Waals surface area contributed by atoms with E-state index in [9.17, 15) is 0 Å². The van der Waals surface area contributed by atoms with Crippen molar-refractivity contribution in [2.24, 2.45) is 0 Å². The Morgan fingerprint density at radius 3 is 2.53 bits per heavy atom. The summed E-state index contributed by atoms with van der Waals surface area (Å²) in [6, 6.07) is 8.24. The molecule has 0 fully saturated rings. The second-order valence-corrected chi connectivity index (χ2v) is 5.36. The van der Waals surface area contributed by atoms with Crippen molar-refractivity contribution in [3.8, 4) is 5.69 Å². The monoisotopic (exact) mass is 356 g/mol. The Morgan fingerprint density at radius 2 is 1.94 bits per heavy atom. The molecular formula is C13H14Br2N2. The molecule has 0 atom stereocenters. The van der Waals surface area contributed by atoms with Gasteiger partial charge in [-0.1, -0.05) is 45.2 Å². The molecule has 2 nitrogen and oxygen atoms in total. The minimum absolute atomic E-state index is 0.860. The highest BCUT2D eigenvalue weighted by Crippen LogP contribution is 2.20. The first-order chi connectivity index (χ1) is 8.26. The van der Waals surface area contributed by atoms with E-state index >= 15 is 0 Å². The zero-order valence-electron chi connectivity index (χ0n) is 9.66. The van der Waals surface area contributed by atoms with Crippen LogP contribution in [0.1, 0.15) is 24.6 Å². The first-order valence-electron chi connectivity index (χ1n) is 5.64. The smallest absolute Gasteiger partial charge is 0.0649 e. The molecule has 2 rings (SSSR count). The van der Waals surface area contributed by atoms with Gasteiger partial charge in [-0.2, -0.15) is 5.10 Å². The van der Waals surface area contributed by atoms with Crippen LogP contribution in [0.4, 0.5) is 0 Å². The van der Waals surface area contributed by atoms with Crippen molar-refractivity contribution < 1.29 is 0 Å². The van der Waals surface area contributed by atoms with Gasteiger partial charge in [0.05, 0.1) is 11.9 Å². The first-order valence-corrected chi connectivity index (χ1v) is 7.55. The molecule has 0 N–H and O–H groups in total. The van der Waals surface area contributed by atoms with Crippen molar-refractivity contribution in [3.63, 3.8) is 0 Å². The van der Waals surface area contributed by atoms with Gasteiger partial charge in [0.25, 0.3) is 0 Å². The summed E-state index contributed by atoms with van der Waals surface area (Å²) in [6.45, 7) is 2.19. The zero-order valence-corrected chi connectivity index (χ0v) is 12.8. The number of hydrogen-bond acceptors (Lipinski definition) is 1. The highest BCUT2D eigenvalue weighted by Gasteiger charge is 2.10. The molecule has 1 heterocycles. The van der Waals surface area contributed by atoms with E-state index in [-0.39, 0.29) is 0 Å². The minimum Gasteiger partial charge on any atom is -0.238 e. The van der Waals surface area contributed by atoms with Gasteiger partial charge in [-0.05, 0) is 30.7 Å². The van der Waals surface area contributed by atoms with Gasteiger partial charge < -0.3 is 0 Å². The summed E-state index contributed by atoms with van der Waals surface area (Å²) in [7, 11) is 0. The molecule has 0 aliphatic rings. The van der Waals surface area contributed by atoms with Crippen LogP contribution in [-0.4, -0.2) is 9.78 Å². The van der Waals surface area contributed by atoms with E-state index in [0.717, 1.165) is 28.3 Å². The topological polar surface area (TPSA) is 17.8 Å². The van der Waals surface area contributed by atoms with E-state index in [4.69, 9.17) is 0 Å². The molecule has 1 aromatic carbocycles. The maximum absolute atomic E-state index is 4.48. The fourth-order valence-electron chi connectivity index (χ4n) is 1.83. The highest BCUT2D eigenvalue weighted by molar-refractivity contribution is 9.10. The molecule has 17 heavy (non-hydrogen) atoms. The predicted molar refractivity (Wildman–Crippen MR) is 77.9 cm³/mol. The molecule has 1 aromatic heterocycles. The van der Waals surface area contributed by atoms with Gasteiger partial charge in [0.2, 0.25) is 0 Å². The van der Waals surface area contributed by atoms with Crippen LogP contribution >= 0.6 is 31.9 Å². The van der Waals surface area contributed by atoms with E-state index < -0.39 is 0 Å². The summed E-state index contributed by atoms with van der Waals surface area (Å²) in [5, 5.41) is 5.34. The summed E-state index contributed by atoms with van der Waals surface area (Å²) in [6.07, 6.45) is 4.13. The molecule has 0 spiro atoms. The summed E-state index contributed by atoms with van der Waals surface area (Å²) >= 11 is 6.96. The van der Waals surface area contributed by atoms with Crippen LogP contribution in [0.3, 0.4) is 0 Å². The van der Waals surface area contributed by atoms with E-state index in [1.807, 2.05) is 23.0 Å². The Labute approximate surface area is 118 Å². The van der Waals surface area contributed by atoms with Gasteiger partial charge in [-0.25, -0.2) is 4.68 Å². The lowest BCUT2D eigenvalue weighted by Gasteiger charge is -2.08. The van der Waals surface area contributed by atoms with Crippen molar-refractivity contribution in [1.82, 2.24) is 9.78 Å². The third-order valence-corrected chi connectivity index (χ3v) is 3.79. The fourth-order valence-corrected chi connectivity index (χ4v) is 2.56. The predicted octanol–water partition coefficient (Wildman–Crippen LogP) is 4.48. The normalized spacial score (nSPS) is 10.8. The number of hydrogen-bond donors (Lipinski definition) is 0. The lowest BCUT2D eigenvalue weighted by Crippen LogP contribution is -2.03. The highest BCUT2D eigenvalue weighted by atomic mass is 79.9. The van der Waals surface area contributed by atoms with Crippen LogP contribution in [0.25, 0.3) is 5.69 Å². The van der Waals surface area contributed by atoms with Crippen LogP contribution in [0.5, 0.6) is 0 Å². The first kappa shape index (κ1) is 12.8. The van der Waals surface area contributed by atoms with Gasteiger partial charge in [0, 0.05) is 21.1 Å². The van der Waals surface area contributed by atoms with Crippen molar-refractivity contribution in [1.29, 1.82) is 0 Å². The molecule has 90 valence electrons. The number of rotatable bonds is 4. The molecule has 0 amide bonds. The number of benzene rings is 1. The standard InChI is InChI=1S/C13H14Br2N2/c1-2-3-13-10(8-14)9-16-17(13)12-6-4-11(15)5-7-12/h4-7,9H,2-3,8H2,1H3. The average Bonchev–Trinajstić information content (AvgIpc) is 2.74. The number of aromatic nitrogens is 2. The molecule has 0 saturated carbocycles. The third-order valence-electron chi connectivity index (χ3n) is 2.66. The largest absolute Gasteiger partial charge is 0.238 e. The van der Waals surface area contributed by atoms with E-state index in [2.05, 4.69) is 56.0 Å². The number of nitrogens with zero attached hydrogens (tertiary/aromatic N) is 2. The Hall–Kier alpha value is -0.610. The molecule has 0 unspecified atom stereocenters. The van der Waals surface area contributed by atoms with Gasteiger partial charge in [0.1, 0.15) is 0 Å². The molecule has 0 radical (unpaired) electrons. The maximum Gasteiger partial charge on any atom is 0.0649 e. The Balaban J connectivity index is 2.43. The maximum atomic E-state index is 4.48. The molecule has 2 aromatic rings. The van der Waals surface area contributed by atoms with Crippen molar-refractivity contribution in [2.45, 2.75) is 25.1 Å². The Morgan fingerprint density at radius 1 is 1.24 bits per heavy atom. The van der Waals surface area contributed by atoms with Crippen LogP contribution in [-0.2, 0) is 11.8 Å². The minimum atomic E-state index is 0.860. The second kappa shape index (κ2) is 5.83. The summed E-state index contributed by atoms with van der Waals surface area (Å²) in [5.74, 6) is 0. The van der Waals surface area contributed by atoms with Crippen molar-refractivity contribution in [3.05, 3.63) is 46.2 Å². The Kier molecular flexibility index (Phi) is 4.40. The number of alkyl halides is 1. The van der Waals surface area contributed by atoms with Gasteiger partial charge >= 0.3 is 0 Å². The molecule has 4 heteroatoms. The molecule has 0 aliphatic heterocycles. The van der Waals surface area contributed by atoms with Crippen molar-refractivity contribution in [2.75, 3.05) is 0 Å². The third kappa shape index (κ3) is 2.80. The lowest BCUT2D eigenvalue weighted by atomic mass is 10.2. The van der Waals surface area contributed by atoms with Crippen LogP contribution in [0, 0.1) is 0 Å². The van der Waals surface area contributed by atoms with Gasteiger partial charge in [-0.3, -0.25) is 0 Å². The summed E-state index contributed by atoms with van der Waals surface area (Å²) in [5.41, 5.74) is 3.69. The Bertz CT molecular complexity index is 489. The zero-order chi connectivity index (χ0) is 12.3. The summed E-state index contributed by atoms with van der Waals surface area (Å²) < 4.78 is 3.12. The quantitative estimate of drug-likeness (QED) is 0.737. The van der Waals surface area contributed by atoms with E-state index in [1.54, 1.807) is 0 Å².